The van der Waals surface area contributed by atoms with Gasteiger partial charge in [-0.3, -0.25) is 4.99 Å². The fraction of sp³-hybridized carbons (Fsp3) is 0.133. The van der Waals surface area contributed by atoms with Crippen molar-refractivity contribution in [3.63, 3.8) is 0 Å². The van der Waals surface area contributed by atoms with Crippen molar-refractivity contribution in [1.82, 2.24) is 0 Å². The van der Waals surface area contributed by atoms with E-state index in [0.29, 0.717) is 11.6 Å². The van der Waals surface area contributed by atoms with Crippen molar-refractivity contribution in [3.05, 3.63) is 64.7 Å². The zero-order valence-corrected chi connectivity index (χ0v) is 12.8. The topological polar surface area (TPSA) is 72.5 Å². The molecule has 2 rings (SSSR count). The number of rotatable bonds is 5. The SMILES string of the molecule is NS(=O)(=O)c1ccc(CCN=Cc2ccc(Cl)cc2)cc1. The summed E-state index contributed by atoms with van der Waals surface area (Å²) in [6.07, 6.45) is 2.52. The van der Waals surface area contributed by atoms with Crippen LogP contribution in [-0.2, 0) is 16.4 Å². The first kappa shape index (κ1) is 15.7. The van der Waals surface area contributed by atoms with Crippen LogP contribution in [0.3, 0.4) is 0 Å². The van der Waals surface area contributed by atoms with Crippen molar-refractivity contribution in [2.75, 3.05) is 6.54 Å². The number of nitrogens with zero attached hydrogens (tertiary/aromatic N) is 1. The van der Waals surface area contributed by atoms with Crippen molar-refractivity contribution in [1.29, 1.82) is 0 Å². The molecule has 0 aromatic heterocycles. The van der Waals surface area contributed by atoms with E-state index in [-0.39, 0.29) is 4.90 Å². The predicted octanol–water partition coefficient (Wildman–Crippen LogP) is 2.65. The monoisotopic (exact) mass is 322 g/mol. The Morgan fingerprint density at radius 1 is 1.05 bits per heavy atom. The standard InChI is InChI=1S/C15H15ClN2O2S/c16-14-5-1-13(2-6-14)11-18-10-9-12-3-7-15(8-4-12)21(17,19)20/h1-8,11H,9-10H2,(H2,17,19,20). The molecule has 0 atom stereocenters. The summed E-state index contributed by atoms with van der Waals surface area (Å²) in [5.41, 5.74) is 2.00. The molecule has 110 valence electrons. The normalized spacial score (nSPS) is 11.9. The van der Waals surface area contributed by atoms with Crippen LogP contribution in [0.4, 0.5) is 0 Å². The highest BCUT2D eigenvalue weighted by molar-refractivity contribution is 7.89. The average Bonchev–Trinajstić information content (AvgIpc) is 2.45. The van der Waals surface area contributed by atoms with Crippen molar-refractivity contribution in [3.8, 4) is 0 Å². The van der Waals surface area contributed by atoms with Gasteiger partial charge in [0.15, 0.2) is 0 Å². The van der Waals surface area contributed by atoms with Crippen LogP contribution < -0.4 is 5.14 Å². The Hall–Kier alpha value is -1.69. The zero-order valence-electron chi connectivity index (χ0n) is 11.2. The Bertz CT molecular complexity index is 723. The summed E-state index contributed by atoms with van der Waals surface area (Å²) in [4.78, 5) is 4.45. The number of primary sulfonamides is 1. The number of halogens is 1. The lowest BCUT2D eigenvalue weighted by atomic mass is 10.1. The highest BCUT2D eigenvalue weighted by atomic mass is 35.5. The van der Waals surface area contributed by atoms with Crippen LogP contribution in [0.5, 0.6) is 0 Å². The number of hydrogen-bond donors (Lipinski definition) is 1. The lowest BCUT2D eigenvalue weighted by Crippen LogP contribution is -2.11. The Morgan fingerprint density at radius 3 is 2.24 bits per heavy atom. The molecule has 0 aliphatic rings. The molecule has 4 nitrogen and oxygen atoms in total. The number of sulfonamides is 1. The molecular formula is C15H15ClN2O2S. The third-order valence-corrected chi connectivity index (χ3v) is 4.07. The first-order valence-corrected chi connectivity index (χ1v) is 8.25. The fourth-order valence-corrected chi connectivity index (χ4v) is 2.40. The summed E-state index contributed by atoms with van der Waals surface area (Å²) < 4.78 is 22.3. The van der Waals surface area contributed by atoms with Gasteiger partial charge in [0.25, 0.3) is 0 Å². The Kier molecular flexibility index (Phi) is 5.12. The van der Waals surface area contributed by atoms with Gasteiger partial charge >= 0.3 is 0 Å². The highest BCUT2D eigenvalue weighted by Crippen LogP contribution is 2.10. The van der Waals surface area contributed by atoms with Crippen molar-refractivity contribution in [2.45, 2.75) is 11.3 Å². The Balaban J connectivity index is 1.90. The minimum absolute atomic E-state index is 0.121. The molecule has 2 N–H and O–H groups in total. The van der Waals surface area contributed by atoms with Crippen molar-refractivity contribution in [2.24, 2.45) is 10.1 Å². The average molecular weight is 323 g/mol. The second kappa shape index (κ2) is 6.85. The molecule has 6 heteroatoms. The quantitative estimate of drug-likeness (QED) is 0.859. The van der Waals surface area contributed by atoms with Crippen LogP contribution >= 0.6 is 11.6 Å². The van der Waals surface area contributed by atoms with Crippen LogP contribution in [0.15, 0.2) is 58.4 Å². The molecule has 0 saturated carbocycles. The van der Waals surface area contributed by atoms with Crippen LogP contribution in [-0.4, -0.2) is 21.2 Å². The molecular weight excluding hydrogens is 308 g/mol. The number of nitrogens with two attached hydrogens (primary N) is 1. The van der Waals surface area contributed by atoms with Gasteiger partial charge in [0.1, 0.15) is 0 Å². The molecule has 0 heterocycles. The summed E-state index contributed by atoms with van der Waals surface area (Å²) >= 11 is 5.80. The van der Waals surface area contributed by atoms with Gasteiger partial charge in [-0.2, -0.15) is 0 Å². The first-order valence-electron chi connectivity index (χ1n) is 6.32. The molecule has 0 amide bonds. The molecule has 0 bridgehead atoms. The van der Waals surface area contributed by atoms with Gasteiger partial charge in [-0.1, -0.05) is 35.9 Å². The summed E-state index contributed by atoms with van der Waals surface area (Å²) in [6, 6.07) is 13.9. The van der Waals surface area contributed by atoms with Gasteiger partial charge in [-0.05, 0) is 41.8 Å². The maximum Gasteiger partial charge on any atom is 0.238 e. The van der Waals surface area contributed by atoms with Crippen LogP contribution in [0, 0.1) is 0 Å². The molecule has 0 spiro atoms. The third-order valence-electron chi connectivity index (χ3n) is 2.89. The van der Waals surface area contributed by atoms with E-state index in [1.165, 1.54) is 12.1 Å². The number of hydrogen-bond acceptors (Lipinski definition) is 3. The Morgan fingerprint density at radius 2 is 1.67 bits per heavy atom. The van der Waals surface area contributed by atoms with E-state index in [1.54, 1.807) is 18.3 Å². The van der Waals surface area contributed by atoms with E-state index >= 15 is 0 Å². The van der Waals surface area contributed by atoms with E-state index in [2.05, 4.69) is 4.99 Å². The minimum Gasteiger partial charge on any atom is -0.292 e. The maximum atomic E-state index is 11.1. The minimum atomic E-state index is -3.62. The molecule has 0 aliphatic carbocycles. The molecule has 2 aromatic rings. The molecule has 21 heavy (non-hydrogen) atoms. The largest absolute Gasteiger partial charge is 0.292 e. The highest BCUT2D eigenvalue weighted by Gasteiger charge is 2.06. The van der Waals surface area contributed by atoms with Crippen LogP contribution in [0.25, 0.3) is 0 Å². The van der Waals surface area contributed by atoms with Crippen molar-refractivity contribution >= 4 is 27.8 Å². The summed E-state index contributed by atoms with van der Waals surface area (Å²) in [7, 11) is -3.62. The predicted molar refractivity (Wildman–Crippen MR) is 85.4 cm³/mol. The number of aliphatic imine (C=N–C) groups is 1. The fourth-order valence-electron chi connectivity index (χ4n) is 1.76. The van der Waals surface area contributed by atoms with E-state index in [4.69, 9.17) is 16.7 Å². The summed E-state index contributed by atoms with van der Waals surface area (Å²) in [6.45, 7) is 0.622. The van der Waals surface area contributed by atoms with Gasteiger partial charge in [-0.15, -0.1) is 0 Å². The molecule has 0 saturated heterocycles. The molecule has 0 radical (unpaired) electrons. The Labute approximate surface area is 129 Å². The van der Waals surface area contributed by atoms with E-state index < -0.39 is 10.0 Å². The lowest BCUT2D eigenvalue weighted by Gasteiger charge is -2.01. The second-order valence-corrected chi connectivity index (χ2v) is 6.52. The van der Waals surface area contributed by atoms with Gasteiger partial charge < -0.3 is 0 Å². The molecule has 0 fully saturated rings. The molecule has 2 aromatic carbocycles. The second-order valence-electron chi connectivity index (χ2n) is 4.53. The van der Waals surface area contributed by atoms with Gasteiger partial charge in [0.2, 0.25) is 10.0 Å². The number of benzene rings is 2. The van der Waals surface area contributed by atoms with Gasteiger partial charge in [-0.25, -0.2) is 13.6 Å². The summed E-state index contributed by atoms with van der Waals surface area (Å²) in [5.74, 6) is 0. The first-order chi connectivity index (χ1) is 9.95. The molecule has 0 unspecified atom stereocenters. The zero-order chi connectivity index (χ0) is 15.3. The van der Waals surface area contributed by atoms with Crippen LogP contribution in [0.1, 0.15) is 11.1 Å². The van der Waals surface area contributed by atoms with E-state index in [0.717, 1.165) is 17.5 Å². The third kappa shape index (κ3) is 4.97. The van der Waals surface area contributed by atoms with E-state index in [1.807, 2.05) is 24.3 Å². The van der Waals surface area contributed by atoms with E-state index in [9.17, 15) is 8.42 Å². The van der Waals surface area contributed by atoms with Crippen molar-refractivity contribution < 1.29 is 8.42 Å². The molecule has 0 aliphatic heterocycles. The smallest absolute Gasteiger partial charge is 0.238 e. The van der Waals surface area contributed by atoms with Gasteiger partial charge in [0.05, 0.1) is 4.90 Å². The van der Waals surface area contributed by atoms with Gasteiger partial charge in [0, 0.05) is 17.8 Å². The summed E-state index contributed by atoms with van der Waals surface area (Å²) in [5, 5.41) is 5.74. The lowest BCUT2D eigenvalue weighted by molar-refractivity contribution is 0.598. The maximum absolute atomic E-state index is 11.1. The van der Waals surface area contributed by atoms with Crippen LogP contribution in [0.2, 0.25) is 5.02 Å².